The van der Waals surface area contributed by atoms with Crippen LogP contribution in [0.15, 0.2) is 47.4 Å². The van der Waals surface area contributed by atoms with Gasteiger partial charge in [-0.05, 0) is 48.9 Å². The number of halogens is 1. The largest absolute Gasteiger partial charge is 0.452 e. The van der Waals surface area contributed by atoms with Crippen LogP contribution >= 0.6 is 0 Å². The maximum atomic E-state index is 13.2. The molecule has 0 aliphatic rings. The van der Waals surface area contributed by atoms with Crippen LogP contribution in [-0.4, -0.2) is 33.2 Å². The molecule has 1 N–H and O–H groups in total. The monoisotopic (exact) mass is 365 g/mol. The SMILES string of the molecule is Cc1ccc(F)cc1NC(=O)COC(=O)c1ccc(S(C)(=O)=O)cc1. The Kier molecular flexibility index (Phi) is 5.53. The number of hydrogen-bond donors (Lipinski definition) is 1. The molecule has 132 valence electrons. The van der Waals surface area contributed by atoms with E-state index in [0.29, 0.717) is 11.3 Å². The molecular weight excluding hydrogens is 349 g/mol. The highest BCUT2D eigenvalue weighted by atomic mass is 32.2. The number of ether oxygens (including phenoxy) is 1. The van der Waals surface area contributed by atoms with Gasteiger partial charge in [0.1, 0.15) is 5.82 Å². The summed E-state index contributed by atoms with van der Waals surface area (Å²) in [7, 11) is -3.36. The number of aryl methyl sites for hydroxylation is 1. The van der Waals surface area contributed by atoms with Crippen molar-refractivity contribution in [2.75, 3.05) is 18.2 Å². The molecule has 0 atom stereocenters. The van der Waals surface area contributed by atoms with E-state index in [1.54, 1.807) is 6.92 Å². The Hall–Kier alpha value is -2.74. The number of amides is 1. The standard InChI is InChI=1S/C17H16FNO5S/c1-11-3-6-13(18)9-15(11)19-16(20)10-24-17(21)12-4-7-14(8-5-12)25(2,22)23/h3-9H,10H2,1-2H3,(H,19,20). The number of anilines is 1. The van der Waals surface area contributed by atoms with Crippen LogP contribution < -0.4 is 5.32 Å². The second-order valence-electron chi connectivity index (χ2n) is 5.38. The molecule has 0 aliphatic carbocycles. The maximum absolute atomic E-state index is 13.2. The average Bonchev–Trinajstić information content (AvgIpc) is 2.55. The predicted octanol–water partition coefficient (Wildman–Crippen LogP) is 2.33. The van der Waals surface area contributed by atoms with Crippen LogP contribution in [0.5, 0.6) is 0 Å². The molecule has 0 aliphatic heterocycles. The van der Waals surface area contributed by atoms with Crippen molar-refractivity contribution in [1.29, 1.82) is 0 Å². The summed E-state index contributed by atoms with van der Waals surface area (Å²) in [6.45, 7) is 1.15. The van der Waals surface area contributed by atoms with Crippen LogP contribution in [0.4, 0.5) is 10.1 Å². The quantitative estimate of drug-likeness (QED) is 0.822. The topological polar surface area (TPSA) is 89.5 Å². The number of hydrogen-bond acceptors (Lipinski definition) is 5. The Bertz CT molecular complexity index is 907. The third kappa shape index (κ3) is 5.12. The van der Waals surface area contributed by atoms with Crippen molar-refractivity contribution < 1.29 is 27.1 Å². The lowest BCUT2D eigenvalue weighted by molar-refractivity contribution is -0.119. The van der Waals surface area contributed by atoms with Gasteiger partial charge in [0.05, 0.1) is 10.5 Å². The molecule has 0 aromatic heterocycles. The van der Waals surface area contributed by atoms with Crippen molar-refractivity contribution in [3.8, 4) is 0 Å². The fraction of sp³-hybridized carbons (Fsp3) is 0.176. The van der Waals surface area contributed by atoms with Crippen LogP contribution in [0, 0.1) is 12.7 Å². The minimum atomic E-state index is -3.36. The molecule has 0 heterocycles. The number of rotatable bonds is 5. The Morgan fingerprint density at radius 1 is 1.12 bits per heavy atom. The lowest BCUT2D eigenvalue weighted by atomic mass is 10.2. The summed E-state index contributed by atoms with van der Waals surface area (Å²) >= 11 is 0. The summed E-state index contributed by atoms with van der Waals surface area (Å²) in [5.74, 6) is -1.88. The van der Waals surface area contributed by atoms with E-state index in [1.165, 1.54) is 42.5 Å². The normalized spacial score (nSPS) is 11.0. The predicted molar refractivity (Wildman–Crippen MR) is 89.6 cm³/mol. The number of benzene rings is 2. The van der Waals surface area contributed by atoms with E-state index >= 15 is 0 Å². The van der Waals surface area contributed by atoms with Crippen LogP contribution in [-0.2, 0) is 19.4 Å². The zero-order chi connectivity index (χ0) is 18.6. The number of carbonyl (C=O) groups is 2. The second kappa shape index (κ2) is 7.43. The summed E-state index contributed by atoms with van der Waals surface area (Å²) in [5, 5.41) is 2.45. The Balaban J connectivity index is 1.95. The van der Waals surface area contributed by atoms with E-state index in [0.717, 1.165) is 6.26 Å². The van der Waals surface area contributed by atoms with Gasteiger partial charge >= 0.3 is 5.97 Å². The van der Waals surface area contributed by atoms with Gasteiger partial charge in [-0.15, -0.1) is 0 Å². The molecule has 1 amide bonds. The van der Waals surface area contributed by atoms with Gasteiger partial charge in [-0.25, -0.2) is 17.6 Å². The van der Waals surface area contributed by atoms with Gasteiger partial charge in [-0.2, -0.15) is 0 Å². The van der Waals surface area contributed by atoms with E-state index in [-0.39, 0.29) is 10.5 Å². The lowest BCUT2D eigenvalue weighted by Crippen LogP contribution is -2.21. The van der Waals surface area contributed by atoms with E-state index in [9.17, 15) is 22.4 Å². The summed E-state index contributed by atoms with van der Waals surface area (Å²) < 4.78 is 40.8. The highest BCUT2D eigenvalue weighted by Gasteiger charge is 2.13. The molecule has 0 unspecified atom stereocenters. The van der Waals surface area contributed by atoms with Crippen molar-refractivity contribution in [2.24, 2.45) is 0 Å². The third-order valence-electron chi connectivity index (χ3n) is 3.33. The molecule has 2 aromatic rings. The van der Waals surface area contributed by atoms with Crippen LogP contribution in [0.25, 0.3) is 0 Å². The fourth-order valence-corrected chi connectivity index (χ4v) is 2.60. The van der Waals surface area contributed by atoms with E-state index < -0.39 is 34.1 Å². The summed E-state index contributed by atoms with van der Waals surface area (Å²) in [6, 6.07) is 9.11. The zero-order valence-corrected chi connectivity index (χ0v) is 14.4. The second-order valence-corrected chi connectivity index (χ2v) is 7.40. The number of sulfone groups is 1. The number of nitrogens with one attached hydrogen (secondary N) is 1. The maximum Gasteiger partial charge on any atom is 0.338 e. The zero-order valence-electron chi connectivity index (χ0n) is 13.6. The Morgan fingerprint density at radius 2 is 1.76 bits per heavy atom. The fourth-order valence-electron chi connectivity index (χ4n) is 1.97. The van der Waals surface area contributed by atoms with Crippen molar-refractivity contribution >= 4 is 27.4 Å². The first-order chi connectivity index (χ1) is 11.7. The van der Waals surface area contributed by atoms with Crippen molar-refractivity contribution in [3.05, 3.63) is 59.4 Å². The molecule has 25 heavy (non-hydrogen) atoms. The summed E-state index contributed by atoms with van der Waals surface area (Å²) in [6.07, 6.45) is 1.05. The molecule has 0 spiro atoms. The van der Waals surface area contributed by atoms with Gasteiger partial charge in [0.25, 0.3) is 5.91 Å². The van der Waals surface area contributed by atoms with Gasteiger partial charge in [0.2, 0.25) is 0 Å². The molecule has 2 rings (SSSR count). The Morgan fingerprint density at radius 3 is 2.36 bits per heavy atom. The summed E-state index contributed by atoms with van der Waals surface area (Å²) in [4.78, 5) is 23.8. The van der Waals surface area contributed by atoms with Gasteiger partial charge < -0.3 is 10.1 Å². The molecule has 8 heteroatoms. The highest BCUT2D eigenvalue weighted by Crippen LogP contribution is 2.16. The van der Waals surface area contributed by atoms with Crippen LogP contribution in [0.2, 0.25) is 0 Å². The molecule has 0 bridgehead atoms. The van der Waals surface area contributed by atoms with Gasteiger partial charge in [0, 0.05) is 11.9 Å². The summed E-state index contributed by atoms with van der Waals surface area (Å²) in [5.41, 5.74) is 1.07. The third-order valence-corrected chi connectivity index (χ3v) is 4.45. The van der Waals surface area contributed by atoms with E-state index in [4.69, 9.17) is 4.74 Å². The van der Waals surface area contributed by atoms with Gasteiger partial charge in [-0.1, -0.05) is 6.07 Å². The van der Waals surface area contributed by atoms with Gasteiger partial charge in [-0.3, -0.25) is 4.79 Å². The first kappa shape index (κ1) is 18.6. The number of esters is 1. The minimum absolute atomic E-state index is 0.0726. The first-order valence-electron chi connectivity index (χ1n) is 7.20. The highest BCUT2D eigenvalue weighted by molar-refractivity contribution is 7.90. The molecule has 6 nitrogen and oxygen atoms in total. The van der Waals surface area contributed by atoms with Crippen LogP contribution in [0.1, 0.15) is 15.9 Å². The first-order valence-corrected chi connectivity index (χ1v) is 9.09. The van der Waals surface area contributed by atoms with Crippen molar-refractivity contribution in [3.63, 3.8) is 0 Å². The van der Waals surface area contributed by atoms with Gasteiger partial charge in [0.15, 0.2) is 16.4 Å². The molecule has 0 radical (unpaired) electrons. The lowest BCUT2D eigenvalue weighted by Gasteiger charge is -2.09. The molecule has 2 aromatic carbocycles. The Labute approximate surface area is 144 Å². The van der Waals surface area contributed by atoms with E-state index in [2.05, 4.69) is 5.32 Å². The van der Waals surface area contributed by atoms with Crippen LogP contribution in [0.3, 0.4) is 0 Å². The molecular formula is C17H16FNO5S. The minimum Gasteiger partial charge on any atom is -0.452 e. The smallest absolute Gasteiger partial charge is 0.338 e. The van der Waals surface area contributed by atoms with Crippen molar-refractivity contribution in [1.82, 2.24) is 0 Å². The molecule has 0 saturated heterocycles. The van der Waals surface area contributed by atoms with E-state index in [1.807, 2.05) is 0 Å². The number of carbonyl (C=O) groups excluding carboxylic acids is 2. The van der Waals surface area contributed by atoms with Crippen molar-refractivity contribution in [2.45, 2.75) is 11.8 Å². The molecule has 0 saturated carbocycles. The molecule has 0 fully saturated rings. The average molecular weight is 365 g/mol.